The molecule has 0 unspecified atom stereocenters. The van der Waals surface area contributed by atoms with Gasteiger partial charge in [0.05, 0.1) is 4.90 Å². The van der Waals surface area contributed by atoms with Gasteiger partial charge in [-0.15, -0.1) is 0 Å². The minimum Gasteiger partial charge on any atom is -0.508 e. The maximum absolute atomic E-state index is 12.8. The summed E-state index contributed by atoms with van der Waals surface area (Å²) in [5.74, 6) is 0.221. The smallest absolute Gasteiger partial charge is 0.243 e. The van der Waals surface area contributed by atoms with Gasteiger partial charge < -0.3 is 10.0 Å². The topological polar surface area (TPSA) is 60.9 Å². The van der Waals surface area contributed by atoms with E-state index in [1.807, 2.05) is 25.1 Å². The summed E-state index contributed by atoms with van der Waals surface area (Å²) in [7, 11) is -3.44. The van der Waals surface area contributed by atoms with Crippen molar-refractivity contribution in [3.63, 3.8) is 0 Å². The van der Waals surface area contributed by atoms with E-state index in [4.69, 9.17) is 0 Å². The molecule has 2 aromatic rings. The Morgan fingerprint density at radius 3 is 2.25 bits per heavy atom. The molecular formula is C18H22N2O3S. The molecule has 0 radical (unpaired) electrons. The van der Waals surface area contributed by atoms with Gasteiger partial charge in [0.1, 0.15) is 5.75 Å². The van der Waals surface area contributed by atoms with E-state index in [0.29, 0.717) is 31.1 Å². The molecule has 5 nitrogen and oxygen atoms in total. The van der Waals surface area contributed by atoms with Crippen molar-refractivity contribution in [3.05, 3.63) is 54.1 Å². The van der Waals surface area contributed by atoms with Crippen LogP contribution >= 0.6 is 0 Å². The quantitative estimate of drug-likeness (QED) is 0.924. The van der Waals surface area contributed by atoms with Gasteiger partial charge in [-0.1, -0.05) is 25.1 Å². The summed E-state index contributed by atoms with van der Waals surface area (Å²) in [6.45, 7) is 4.14. The highest BCUT2D eigenvalue weighted by Gasteiger charge is 2.28. The highest BCUT2D eigenvalue weighted by atomic mass is 32.2. The van der Waals surface area contributed by atoms with Gasteiger partial charge in [-0.25, -0.2) is 8.42 Å². The lowest BCUT2D eigenvalue weighted by Gasteiger charge is -2.35. The SMILES string of the molecule is CCc1ccc(S(=O)(=O)N2CCN(c3cccc(O)c3)CC2)cc1. The van der Waals surface area contributed by atoms with Crippen LogP contribution in [0.3, 0.4) is 0 Å². The van der Waals surface area contributed by atoms with Gasteiger partial charge in [-0.3, -0.25) is 0 Å². The predicted molar refractivity (Wildman–Crippen MR) is 94.9 cm³/mol. The summed E-state index contributed by atoms with van der Waals surface area (Å²) in [5, 5.41) is 9.58. The van der Waals surface area contributed by atoms with Crippen LogP contribution in [0.25, 0.3) is 0 Å². The predicted octanol–water partition coefficient (Wildman–Crippen LogP) is 2.47. The van der Waals surface area contributed by atoms with E-state index in [1.54, 1.807) is 30.3 Å². The highest BCUT2D eigenvalue weighted by Crippen LogP contribution is 2.24. The molecule has 0 bridgehead atoms. The second-order valence-corrected chi connectivity index (χ2v) is 7.85. The summed E-state index contributed by atoms with van der Waals surface area (Å²) >= 11 is 0. The van der Waals surface area contributed by atoms with E-state index in [-0.39, 0.29) is 5.75 Å². The molecule has 24 heavy (non-hydrogen) atoms. The van der Waals surface area contributed by atoms with Gasteiger partial charge in [-0.2, -0.15) is 4.31 Å². The van der Waals surface area contributed by atoms with Gasteiger partial charge in [0.25, 0.3) is 0 Å². The second kappa shape index (κ2) is 6.83. The van der Waals surface area contributed by atoms with E-state index in [2.05, 4.69) is 4.90 Å². The molecular weight excluding hydrogens is 324 g/mol. The normalized spacial score (nSPS) is 16.3. The average Bonchev–Trinajstić information content (AvgIpc) is 2.62. The molecule has 128 valence electrons. The molecule has 1 aliphatic rings. The van der Waals surface area contributed by atoms with Crippen LogP contribution in [0.4, 0.5) is 5.69 Å². The lowest BCUT2D eigenvalue weighted by molar-refractivity contribution is 0.384. The number of sulfonamides is 1. The fraction of sp³-hybridized carbons (Fsp3) is 0.333. The van der Waals surface area contributed by atoms with Crippen molar-refractivity contribution in [1.29, 1.82) is 0 Å². The van der Waals surface area contributed by atoms with Crippen molar-refractivity contribution < 1.29 is 13.5 Å². The number of phenols is 1. The molecule has 6 heteroatoms. The van der Waals surface area contributed by atoms with Crippen molar-refractivity contribution in [2.24, 2.45) is 0 Å². The summed E-state index contributed by atoms with van der Waals surface area (Å²) in [6.07, 6.45) is 0.892. The first kappa shape index (κ1) is 16.8. The molecule has 0 aromatic heterocycles. The molecule has 0 saturated carbocycles. The Balaban J connectivity index is 1.71. The third-order valence-corrected chi connectivity index (χ3v) is 6.32. The zero-order valence-corrected chi connectivity index (χ0v) is 14.5. The Labute approximate surface area is 143 Å². The third kappa shape index (κ3) is 3.39. The molecule has 0 atom stereocenters. The Morgan fingerprint density at radius 1 is 1.00 bits per heavy atom. The van der Waals surface area contributed by atoms with Gasteiger partial charge in [0, 0.05) is 37.9 Å². The van der Waals surface area contributed by atoms with Gasteiger partial charge >= 0.3 is 0 Å². The number of aryl methyl sites for hydroxylation is 1. The Hall–Kier alpha value is -2.05. The van der Waals surface area contributed by atoms with Crippen LogP contribution in [0.1, 0.15) is 12.5 Å². The largest absolute Gasteiger partial charge is 0.508 e. The third-order valence-electron chi connectivity index (χ3n) is 4.40. The van der Waals surface area contributed by atoms with Gasteiger partial charge in [0.2, 0.25) is 10.0 Å². The highest BCUT2D eigenvalue weighted by molar-refractivity contribution is 7.89. The van der Waals surface area contributed by atoms with E-state index in [1.165, 1.54) is 4.31 Å². The van der Waals surface area contributed by atoms with Crippen LogP contribution in [0.2, 0.25) is 0 Å². The lowest BCUT2D eigenvalue weighted by atomic mass is 10.2. The molecule has 0 amide bonds. The number of hydrogen-bond donors (Lipinski definition) is 1. The van der Waals surface area contributed by atoms with E-state index >= 15 is 0 Å². The van der Waals surface area contributed by atoms with Crippen molar-refractivity contribution >= 4 is 15.7 Å². The summed E-state index contributed by atoms with van der Waals surface area (Å²) in [4.78, 5) is 2.44. The van der Waals surface area contributed by atoms with Crippen LogP contribution in [0.5, 0.6) is 5.75 Å². The van der Waals surface area contributed by atoms with Crippen LogP contribution in [0.15, 0.2) is 53.4 Å². The van der Waals surface area contributed by atoms with Crippen molar-refractivity contribution in [2.45, 2.75) is 18.2 Å². The number of anilines is 1. The van der Waals surface area contributed by atoms with Crippen LogP contribution in [-0.4, -0.2) is 44.0 Å². The molecule has 0 aliphatic carbocycles. The number of benzene rings is 2. The summed E-state index contributed by atoms with van der Waals surface area (Å²) in [6, 6.07) is 14.2. The number of piperazine rings is 1. The fourth-order valence-corrected chi connectivity index (χ4v) is 4.34. The van der Waals surface area contributed by atoms with Crippen LogP contribution < -0.4 is 4.90 Å². The molecule has 1 N–H and O–H groups in total. The first-order valence-electron chi connectivity index (χ1n) is 8.14. The monoisotopic (exact) mass is 346 g/mol. The Kier molecular flexibility index (Phi) is 4.78. The number of phenolic OH excluding ortho intramolecular Hbond substituents is 1. The molecule has 2 aromatic carbocycles. The maximum Gasteiger partial charge on any atom is 0.243 e. The number of hydrogen-bond acceptors (Lipinski definition) is 4. The van der Waals surface area contributed by atoms with E-state index in [0.717, 1.165) is 17.7 Å². The number of aromatic hydroxyl groups is 1. The first-order valence-corrected chi connectivity index (χ1v) is 9.58. The Morgan fingerprint density at radius 2 is 1.67 bits per heavy atom. The molecule has 1 saturated heterocycles. The van der Waals surface area contributed by atoms with Crippen LogP contribution in [-0.2, 0) is 16.4 Å². The van der Waals surface area contributed by atoms with Crippen LogP contribution in [0, 0.1) is 0 Å². The lowest BCUT2D eigenvalue weighted by Crippen LogP contribution is -2.48. The number of rotatable bonds is 4. The molecule has 1 fully saturated rings. The fourth-order valence-electron chi connectivity index (χ4n) is 2.92. The van der Waals surface area contributed by atoms with E-state index in [9.17, 15) is 13.5 Å². The van der Waals surface area contributed by atoms with Crippen molar-refractivity contribution in [2.75, 3.05) is 31.1 Å². The van der Waals surface area contributed by atoms with Crippen molar-refractivity contribution in [3.8, 4) is 5.75 Å². The zero-order chi connectivity index (χ0) is 17.2. The van der Waals surface area contributed by atoms with E-state index < -0.39 is 10.0 Å². The van der Waals surface area contributed by atoms with Gasteiger partial charge in [0.15, 0.2) is 0 Å². The Bertz CT molecular complexity index is 795. The molecule has 1 heterocycles. The van der Waals surface area contributed by atoms with Crippen molar-refractivity contribution in [1.82, 2.24) is 4.31 Å². The molecule has 1 aliphatic heterocycles. The average molecular weight is 346 g/mol. The number of nitrogens with zero attached hydrogens (tertiary/aromatic N) is 2. The first-order chi connectivity index (χ1) is 11.5. The zero-order valence-electron chi connectivity index (χ0n) is 13.7. The standard InChI is InChI=1S/C18H22N2O3S/c1-2-15-6-8-18(9-7-15)24(22,23)20-12-10-19(11-13-20)16-4-3-5-17(21)14-16/h3-9,14,21H,2,10-13H2,1H3. The molecule has 3 rings (SSSR count). The molecule has 0 spiro atoms. The maximum atomic E-state index is 12.8. The summed E-state index contributed by atoms with van der Waals surface area (Å²) < 4.78 is 27.0. The van der Waals surface area contributed by atoms with Gasteiger partial charge in [-0.05, 0) is 36.2 Å². The minimum absolute atomic E-state index is 0.221. The minimum atomic E-state index is -3.44. The summed E-state index contributed by atoms with van der Waals surface area (Å²) in [5.41, 5.74) is 2.04. The second-order valence-electron chi connectivity index (χ2n) is 5.91.